The molecule has 3 nitrogen and oxygen atoms in total. The summed E-state index contributed by atoms with van der Waals surface area (Å²) in [6.07, 6.45) is 0. The summed E-state index contributed by atoms with van der Waals surface area (Å²) in [6, 6.07) is 14.2. The third kappa shape index (κ3) is 3.43. The number of methoxy groups -OCH3 is 1. The second kappa shape index (κ2) is 6.74. The van der Waals surface area contributed by atoms with E-state index in [0.29, 0.717) is 16.3 Å². The average molecular weight is 304 g/mol. The molecular weight excluding hydrogens is 286 g/mol. The summed E-state index contributed by atoms with van der Waals surface area (Å²) in [5.74, 6) is 0.0574. The van der Waals surface area contributed by atoms with E-state index in [1.54, 1.807) is 18.2 Å². The van der Waals surface area contributed by atoms with Gasteiger partial charge in [0.1, 0.15) is 5.75 Å². The maximum atomic E-state index is 12.7. The molecule has 4 heteroatoms. The fourth-order valence-electron chi connectivity index (χ4n) is 2.25. The number of ether oxygens (including phenoxy) is 1. The Morgan fingerprint density at radius 3 is 2.48 bits per heavy atom. The Morgan fingerprint density at radius 1 is 1.19 bits per heavy atom. The minimum absolute atomic E-state index is 0.0781. The molecule has 0 saturated heterocycles. The molecule has 2 aromatic carbocycles. The Balaban J connectivity index is 2.29. The Labute approximate surface area is 129 Å². The van der Waals surface area contributed by atoms with Crippen molar-refractivity contribution in [2.24, 2.45) is 11.7 Å². The SMILES string of the molecule is COc1ccc(Cl)cc1C(=O)C(C)C(N)c1ccccc1. The standard InChI is InChI=1S/C17H18ClNO2/c1-11(16(19)12-6-4-3-5-7-12)17(20)14-10-13(18)8-9-15(14)21-2/h3-11,16H,19H2,1-2H3. The van der Waals surface area contributed by atoms with Crippen molar-refractivity contribution in [3.05, 3.63) is 64.7 Å². The van der Waals surface area contributed by atoms with Crippen molar-refractivity contribution in [3.63, 3.8) is 0 Å². The summed E-state index contributed by atoms with van der Waals surface area (Å²) < 4.78 is 5.24. The second-order valence-corrected chi connectivity index (χ2v) is 5.37. The quantitative estimate of drug-likeness (QED) is 0.853. The summed E-state index contributed by atoms with van der Waals surface area (Å²) in [5.41, 5.74) is 7.60. The first-order valence-corrected chi connectivity index (χ1v) is 7.10. The van der Waals surface area contributed by atoms with E-state index < -0.39 is 0 Å². The number of benzene rings is 2. The highest BCUT2D eigenvalue weighted by Gasteiger charge is 2.25. The number of hydrogen-bond donors (Lipinski definition) is 1. The van der Waals surface area contributed by atoms with Gasteiger partial charge >= 0.3 is 0 Å². The predicted octanol–water partition coefficient (Wildman–Crippen LogP) is 3.87. The third-order valence-corrected chi connectivity index (χ3v) is 3.80. The number of rotatable bonds is 5. The normalized spacial score (nSPS) is 13.5. The van der Waals surface area contributed by atoms with Crippen LogP contribution in [0.5, 0.6) is 5.75 Å². The van der Waals surface area contributed by atoms with Crippen LogP contribution in [0.2, 0.25) is 5.02 Å². The molecule has 0 amide bonds. The fraction of sp³-hybridized carbons (Fsp3) is 0.235. The van der Waals surface area contributed by atoms with Crippen molar-refractivity contribution in [3.8, 4) is 5.75 Å². The van der Waals surface area contributed by atoms with Gasteiger partial charge in [-0.25, -0.2) is 0 Å². The van der Waals surface area contributed by atoms with Crippen LogP contribution >= 0.6 is 11.6 Å². The molecule has 2 N–H and O–H groups in total. The highest BCUT2D eigenvalue weighted by Crippen LogP contribution is 2.29. The molecule has 0 aromatic heterocycles. The van der Waals surface area contributed by atoms with Crippen LogP contribution in [0, 0.1) is 5.92 Å². The molecule has 2 rings (SSSR count). The number of Topliss-reactive ketones (excluding diaryl/α,β-unsaturated/α-hetero) is 1. The van der Waals surface area contributed by atoms with Crippen molar-refractivity contribution in [1.82, 2.24) is 0 Å². The van der Waals surface area contributed by atoms with Gasteiger partial charge < -0.3 is 10.5 Å². The van der Waals surface area contributed by atoms with Gasteiger partial charge in [-0.2, -0.15) is 0 Å². The van der Waals surface area contributed by atoms with E-state index in [0.717, 1.165) is 5.56 Å². The maximum Gasteiger partial charge on any atom is 0.171 e. The molecule has 0 saturated carbocycles. The number of ketones is 1. The van der Waals surface area contributed by atoms with Crippen LogP contribution < -0.4 is 10.5 Å². The van der Waals surface area contributed by atoms with Crippen LogP contribution in [0.15, 0.2) is 48.5 Å². The smallest absolute Gasteiger partial charge is 0.171 e. The van der Waals surface area contributed by atoms with Crippen molar-refractivity contribution < 1.29 is 9.53 Å². The van der Waals surface area contributed by atoms with E-state index in [2.05, 4.69) is 0 Å². The van der Waals surface area contributed by atoms with Gasteiger partial charge in [0.25, 0.3) is 0 Å². The molecule has 0 radical (unpaired) electrons. The Morgan fingerprint density at radius 2 is 1.86 bits per heavy atom. The minimum atomic E-state index is -0.375. The van der Waals surface area contributed by atoms with Crippen molar-refractivity contribution in [1.29, 1.82) is 0 Å². The molecule has 0 spiro atoms. The van der Waals surface area contributed by atoms with Gasteiger partial charge in [0.15, 0.2) is 5.78 Å². The van der Waals surface area contributed by atoms with Crippen LogP contribution in [0.1, 0.15) is 28.9 Å². The first-order valence-electron chi connectivity index (χ1n) is 6.73. The average Bonchev–Trinajstić information content (AvgIpc) is 2.53. The Kier molecular flexibility index (Phi) is 4.99. The summed E-state index contributed by atoms with van der Waals surface area (Å²) in [4.78, 5) is 12.7. The van der Waals surface area contributed by atoms with Gasteiger partial charge in [-0.1, -0.05) is 48.9 Å². The van der Waals surface area contributed by atoms with Gasteiger partial charge in [0.05, 0.1) is 12.7 Å². The van der Waals surface area contributed by atoms with E-state index in [9.17, 15) is 4.79 Å². The van der Waals surface area contributed by atoms with Crippen molar-refractivity contribution in [2.45, 2.75) is 13.0 Å². The van der Waals surface area contributed by atoms with E-state index in [-0.39, 0.29) is 17.7 Å². The molecule has 2 atom stereocenters. The lowest BCUT2D eigenvalue weighted by molar-refractivity contribution is 0.0909. The molecule has 0 aliphatic carbocycles. The van der Waals surface area contributed by atoms with Crippen LogP contribution in [-0.2, 0) is 0 Å². The Hall–Kier alpha value is -1.84. The molecular formula is C17H18ClNO2. The highest BCUT2D eigenvalue weighted by molar-refractivity contribution is 6.31. The minimum Gasteiger partial charge on any atom is -0.496 e. The molecule has 0 bridgehead atoms. The van der Waals surface area contributed by atoms with Crippen molar-refractivity contribution >= 4 is 17.4 Å². The summed E-state index contributed by atoms with van der Waals surface area (Å²) in [7, 11) is 1.53. The largest absolute Gasteiger partial charge is 0.496 e. The van der Waals surface area contributed by atoms with Gasteiger partial charge in [-0.05, 0) is 23.8 Å². The lowest BCUT2D eigenvalue weighted by atomic mass is 9.88. The Bertz CT molecular complexity index is 628. The first kappa shape index (κ1) is 15.5. The van der Waals surface area contributed by atoms with Crippen molar-refractivity contribution in [2.75, 3.05) is 7.11 Å². The maximum absolute atomic E-state index is 12.7. The zero-order valence-electron chi connectivity index (χ0n) is 12.0. The first-order chi connectivity index (χ1) is 10.0. The number of hydrogen-bond acceptors (Lipinski definition) is 3. The van der Waals surface area contributed by atoms with Crippen LogP contribution in [0.25, 0.3) is 0 Å². The van der Waals surface area contributed by atoms with Gasteiger partial charge in [0.2, 0.25) is 0 Å². The number of carbonyl (C=O) groups is 1. The molecule has 2 unspecified atom stereocenters. The van der Waals surface area contributed by atoms with Gasteiger partial charge in [0, 0.05) is 17.0 Å². The molecule has 0 aliphatic heterocycles. The van der Waals surface area contributed by atoms with E-state index in [1.807, 2.05) is 37.3 Å². The molecule has 0 fully saturated rings. The number of carbonyl (C=O) groups excluding carboxylic acids is 1. The summed E-state index contributed by atoms with van der Waals surface area (Å²) in [5, 5.41) is 0.500. The predicted molar refractivity (Wildman–Crippen MR) is 84.9 cm³/mol. The van der Waals surface area contributed by atoms with Gasteiger partial charge in [-0.15, -0.1) is 0 Å². The molecule has 0 heterocycles. The monoisotopic (exact) mass is 303 g/mol. The third-order valence-electron chi connectivity index (χ3n) is 3.56. The van der Waals surface area contributed by atoms with Gasteiger partial charge in [-0.3, -0.25) is 4.79 Å². The number of nitrogens with two attached hydrogens (primary N) is 1. The molecule has 2 aromatic rings. The van der Waals surface area contributed by atoms with E-state index in [4.69, 9.17) is 22.1 Å². The van der Waals surface area contributed by atoms with E-state index >= 15 is 0 Å². The fourth-order valence-corrected chi connectivity index (χ4v) is 2.42. The van der Waals surface area contributed by atoms with Crippen LogP contribution in [0.4, 0.5) is 0 Å². The molecule has 110 valence electrons. The van der Waals surface area contributed by atoms with Crippen LogP contribution in [0.3, 0.4) is 0 Å². The molecule has 0 aliphatic rings. The molecule has 21 heavy (non-hydrogen) atoms. The summed E-state index contributed by atoms with van der Waals surface area (Å²) in [6.45, 7) is 1.82. The number of halogens is 1. The lowest BCUT2D eigenvalue weighted by Crippen LogP contribution is -2.26. The highest BCUT2D eigenvalue weighted by atomic mass is 35.5. The zero-order chi connectivity index (χ0) is 15.4. The zero-order valence-corrected chi connectivity index (χ0v) is 12.8. The van der Waals surface area contributed by atoms with E-state index in [1.165, 1.54) is 7.11 Å². The lowest BCUT2D eigenvalue weighted by Gasteiger charge is -2.20. The topological polar surface area (TPSA) is 52.3 Å². The second-order valence-electron chi connectivity index (χ2n) is 4.93. The van der Waals surface area contributed by atoms with Crippen LogP contribution in [-0.4, -0.2) is 12.9 Å². The summed E-state index contributed by atoms with van der Waals surface area (Å²) >= 11 is 5.98.